The normalized spacial score (nSPS) is 11.0. The van der Waals surface area contributed by atoms with Crippen LogP contribution in [0.1, 0.15) is 5.56 Å². The monoisotopic (exact) mass is 374 g/mol. The molecule has 0 unspecified atom stereocenters. The molecule has 8 heteroatoms. The van der Waals surface area contributed by atoms with E-state index >= 15 is 0 Å². The van der Waals surface area contributed by atoms with E-state index < -0.39 is 10.0 Å². The summed E-state index contributed by atoms with van der Waals surface area (Å²) in [6.07, 6.45) is 0.256. The SMILES string of the molecule is N#CCc1ccc(NS(=O)(=O)c2cc(Cl)c(Cl)cc2Cl)cc1. The zero-order valence-electron chi connectivity index (χ0n) is 11.0. The number of nitrogens with one attached hydrogen (secondary N) is 1. The van der Waals surface area contributed by atoms with Crippen LogP contribution in [0.15, 0.2) is 41.3 Å². The van der Waals surface area contributed by atoms with Gasteiger partial charge in [-0.3, -0.25) is 4.72 Å². The zero-order valence-corrected chi connectivity index (χ0v) is 14.1. The van der Waals surface area contributed by atoms with Crippen molar-refractivity contribution >= 4 is 50.5 Å². The summed E-state index contributed by atoms with van der Waals surface area (Å²) in [6, 6.07) is 10.9. The van der Waals surface area contributed by atoms with Crippen LogP contribution < -0.4 is 4.72 Å². The molecule has 0 amide bonds. The quantitative estimate of drug-likeness (QED) is 0.799. The second kappa shape index (κ2) is 6.76. The highest BCUT2D eigenvalue weighted by molar-refractivity contribution is 7.92. The Bertz CT molecular complexity index is 844. The number of benzene rings is 2. The molecule has 0 aliphatic carbocycles. The molecule has 0 saturated heterocycles. The van der Waals surface area contributed by atoms with Crippen molar-refractivity contribution in [2.45, 2.75) is 11.3 Å². The molecule has 0 saturated carbocycles. The van der Waals surface area contributed by atoms with Crippen molar-refractivity contribution in [2.24, 2.45) is 0 Å². The molecule has 22 heavy (non-hydrogen) atoms. The minimum absolute atomic E-state index is 0.0250. The molecule has 114 valence electrons. The average molecular weight is 376 g/mol. The van der Waals surface area contributed by atoms with Crippen molar-refractivity contribution in [3.05, 3.63) is 57.0 Å². The fourth-order valence-corrected chi connectivity index (χ4v) is 3.76. The molecular formula is C14H9Cl3N2O2S. The van der Waals surface area contributed by atoms with Crippen LogP contribution >= 0.6 is 34.8 Å². The average Bonchev–Trinajstić information content (AvgIpc) is 2.45. The number of nitriles is 1. The van der Waals surface area contributed by atoms with Crippen LogP contribution in [0, 0.1) is 11.3 Å². The predicted molar refractivity (Wildman–Crippen MR) is 88.0 cm³/mol. The zero-order chi connectivity index (χ0) is 16.3. The van der Waals surface area contributed by atoms with Gasteiger partial charge >= 0.3 is 0 Å². The molecule has 0 atom stereocenters. The van der Waals surface area contributed by atoms with Gasteiger partial charge in [0.2, 0.25) is 0 Å². The summed E-state index contributed by atoms with van der Waals surface area (Å²) in [5.41, 5.74) is 1.14. The topological polar surface area (TPSA) is 70.0 Å². The summed E-state index contributed by atoms with van der Waals surface area (Å²) in [4.78, 5) is -0.162. The smallest absolute Gasteiger partial charge is 0.263 e. The first-order valence-electron chi connectivity index (χ1n) is 5.97. The van der Waals surface area contributed by atoms with Crippen LogP contribution in [-0.4, -0.2) is 8.42 Å². The summed E-state index contributed by atoms with van der Waals surface area (Å²) in [5.74, 6) is 0. The van der Waals surface area contributed by atoms with Gasteiger partial charge in [0.05, 0.1) is 27.6 Å². The van der Waals surface area contributed by atoms with Crippen molar-refractivity contribution in [3.63, 3.8) is 0 Å². The summed E-state index contributed by atoms with van der Waals surface area (Å²) in [5, 5.41) is 8.84. The third kappa shape index (κ3) is 3.84. The molecule has 0 spiro atoms. The predicted octanol–water partition coefficient (Wildman–Crippen LogP) is 4.51. The standard InChI is InChI=1S/C14H9Cl3N2O2S/c15-11-7-13(17)14(8-12(11)16)22(20,21)19-10-3-1-9(2-4-10)5-6-18/h1-4,7-8,19H,5H2. The van der Waals surface area contributed by atoms with E-state index in [9.17, 15) is 8.42 Å². The molecule has 0 radical (unpaired) electrons. The maximum atomic E-state index is 12.3. The van der Waals surface area contributed by atoms with Gasteiger partial charge in [-0.2, -0.15) is 5.26 Å². The highest BCUT2D eigenvalue weighted by Gasteiger charge is 2.20. The number of anilines is 1. The first kappa shape index (κ1) is 16.9. The van der Waals surface area contributed by atoms with Crippen molar-refractivity contribution in [2.75, 3.05) is 4.72 Å². The summed E-state index contributed by atoms with van der Waals surface area (Å²) < 4.78 is 27.1. The third-order valence-electron chi connectivity index (χ3n) is 2.75. The molecule has 0 aliphatic heterocycles. The second-order valence-corrected chi connectivity index (χ2v) is 7.21. The lowest BCUT2D eigenvalue weighted by Crippen LogP contribution is -2.13. The van der Waals surface area contributed by atoms with Crippen LogP contribution in [0.4, 0.5) is 5.69 Å². The van der Waals surface area contributed by atoms with E-state index in [-0.39, 0.29) is 26.4 Å². The van der Waals surface area contributed by atoms with Crippen molar-refractivity contribution in [1.82, 2.24) is 0 Å². The summed E-state index contributed by atoms with van der Waals surface area (Å²) in [6.45, 7) is 0. The van der Waals surface area contributed by atoms with Gasteiger partial charge in [0, 0.05) is 5.69 Å². The van der Waals surface area contributed by atoms with Gasteiger partial charge < -0.3 is 0 Å². The van der Waals surface area contributed by atoms with Gasteiger partial charge in [0.15, 0.2) is 0 Å². The Morgan fingerprint density at radius 3 is 2.18 bits per heavy atom. The van der Waals surface area contributed by atoms with Gasteiger partial charge in [-0.25, -0.2) is 8.42 Å². The summed E-state index contributed by atoms with van der Waals surface area (Å²) in [7, 11) is -3.90. The van der Waals surface area contributed by atoms with Crippen LogP contribution in [0.3, 0.4) is 0 Å². The molecule has 0 aromatic heterocycles. The minimum Gasteiger partial charge on any atom is -0.280 e. The minimum atomic E-state index is -3.90. The number of nitrogens with zero attached hydrogens (tertiary/aromatic N) is 1. The molecule has 2 aromatic rings. The number of hydrogen-bond donors (Lipinski definition) is 1. The highest BCUT2D eigenvalue weighted by atomic mass is 35.5. The van der Waals surface area contributed by atoms with Gasteiger partial charge in [0.1, 0.15) is 4.90 Å². The fourth-order valence-electron chi connectivity index (χ4n) is 1.70. The number of rotatable bonds is 4. The molecular weight excluding hydrogens is 367 g/mol. The maximum absolute atomic E-state index is 12.3. The second-order valence-electron chi connectivity index (χ2n) is 4.33. The van der Waals surface area contributed by atoms with Crippen molar-refractivity contribution in [3.8, 4) is 6.07 Å². The van der Waals surface area contributed by atoms with Crippen LogP contribution in [0.25, 0.3) is 0 Å². The molecule has 1 N–H and O–H groups in total. The van der Waals surface area contributed by atoms with E-state index in [1.165, 1.54) is 12.1 Å². The van der Waals surface area contributed by atoms with Crippen molar-refractivity contribution < 1.29 is 8.42 Å². The van der Waals surface area contributed by atoms with Gasteiger partial charge in [-0.05, 0) is 29.8 Å². The van der Waals surface area contributed by atoms with Gasteiger partial charge in [-0.15, -0.1) is 0 Å². The Balaban J connectivity index is 2.32. The largest absolute Gasteiger partial charge is 0.280 e. The Morgan fingerprint density at radius 2 is 1.59 bits per heavy atom. The molecule has 0 aliphatic rings. The van der Waals surface area contributed by atoms with E-state index in [0.717, 1.165) is 5.56 Å². The Hall–Kier alpha value is -1.45. The number of halogens is 3. The lowest BCUT2D eigenvalue weighted by atomic mass is 10.1. The maximum Gasteiger partial charge on any atom is 0.263 e. The van der Waals surface area contributed by atoms with Crippen LogP contribution in [-0.2, 0) is 16.4 Å². The van der Waals surface area contributed by atoms with E-state index in [1.807, 2.05) is 6.07 Å². The Morgan fingerprint density at radius 1 is 1.00 bits per heavy atom. The van der Waals surface area contributed by atoms with E-state index in [0.29, 0.717) is 5.69 Å². The van der Waals surface area contributed by atoms with Crippen LogP contribution in [0.2, 0.25) is 15.1 Å². The summed E-state index contributed by atoms with van der Waals surface area (Å²) >= 11 is 17.5. The molecule has 4 nitrogen and oxygen atoms in total. The number of sulfonamides is 1. The molecule has 0 bridgehead atoms. The lowest BCUT2D eigenvalue weighted by molar-refractivity contribution is 0.601. The Kier molecular flexibility index (Phi) is 5.20. The van der Waals surface area contributed by atoms with Gasteiger partial charge in [-0.1, -0.05) is 46.9 Å². The van der Waals surface area contributed by atoms with E-state index in [2.05, 4.69) is 4.72 Å². The first-order chi connectivity index (χ1) is 10.3. The lowest BCUT2D eigenvalue weighted by Gasteiger charge is -2.11. The van der Waals surface area contributed by atoms with E-state index in [4.69, 9.17) is 40.1 Å². The first-order valence-corrected chi connectivity index (χ1v) is 8.58. The molecule has 2 rings (SSSR count). The Labute approximate surface area is 143 Å². The highest BCUT2D eigenvalue weighted by Crippen LogP contribution is 2.32. The molecule has 0 heterocycles. The van der Waals surface area contributed by atoms with Gasteiger partial charge in [0.25, 0.3) is 10.0 Å². The number of hydrogen-bond acceptors (Lipinski definition) is 3. The molecule has 0 fully saturated rings. The van der Waals surface area contributed by atoms with Crippen LogP contribution in [0.5, 0.6) is 0 Å². The fraction of sp³-hybridized carbons (Fsp3) is 0.0714. The van der Waals surface area contributed by atoms with E-state index in [1.54, 1.807) is 24.3 Å². The molecule has 2 aromatic carbocycles. The third-order valence-corrected chi connectivity index (χ3v) is 5.32. The van der Waals surface area contributed by atoms with Crippen molar-refractivity contribution in [1.29, 1.82) is 5.26 Å².